The quantitative estimate of drug-likeness (QED) is 0.664. The van der Waals surface area contributed by atoms with Crippen LogP contribution in [0.3, 0.4) is 0 Å². The van der Waals surface area contributed by atoms with Crippen LogP contribution in [0.25, 0.3) is 11.1 Å². The fourth-order valence-corrected chi connectivity index (χ4v) is 5.08. The Bertz CT molecular complexity index is 1020. The average molecular weight is 451 g/mol. The van der Waals surface area contributed by atoms with Gasteiger partial charge in [0, 0.05) is 19.0 Å². The maximum Gasteiger partial charge on any atom is 0.408 e. The maximum absolute atomic E-state index is 13.2. The van der Waals surface area contributed by atoms with Crippen molar-refractivity contribution in [1.29, 1.82) is 0 Å². The van der Waals surface area contributed by atoms with Crippen LogP contribution in [0.1, 0.15) is 50.2 Å². The first-order valence-electron chi connectivity index (χ1n) is 11.5. The molecule has 2 aromatic carbocycles. The number of amides is 2. The van der Waals surface area contributed by atoms with E-state index < -0.39 is 23.5 Å². The molecule has 0 aromatic heterocycles. The van der Waals surface area contributed by atoms with Crippen LogP contribution in [0.5, 0.6) is 0 Å². The smallest absolute Gasteiger partial charge is 0.408 e. The highest BCUT2D eigenvalue weighted by atomic mass is 16.5. The van der Waals surface area contributed by atoms with Gasteiger partial charge in [-0.3, -0.25) is 9.59 Å². The molecule has 1 heterocycles. The lowest BCUT2D eigenvalue weighted by atomic mass is 9.94. The van der Waals surface area contributed by atoms with Gasteiger partial charge >= 0.3 is 12.1 Å². The largest absolute Gasteiger partial charge is 0.481 e. The fourth-order valence-electron chi connectivity index (χ4n) is 5.08. The summed E-state index contributed by atoms with van der Waals surface area (Å²) in [7, 11) is 0. The van der Waals surface area contributed by atoms with Crippen LogP contribution in [0.15, 0.2) is 48.5 Å². The Balaban J connectivity index is 1.44. The van der Waals surface area contributed by atoms with Crippen molar-refractivity contribution >= 4 is 18.0 Å². The molecule has 0 saturated carbocycles. The summed E-state index contributed by atoms with van der Waals surface area (Å²) in [5, 5.41) is 12.0. The number of carboxylic acids is 1. The molecule has 2 amide bonds. The monoisotopic (exact) mass is 450 g/mol. The SMILES string of the molecule is CCCC(C)(NC(=O)OCC1c2ccccc2-c2ccccc21)C(=O)N1CCC(C(=O)O)C1. The van der Waals surface area contributed by atoms with E-state index in [1.807, 2.05) is 31.2 Å². The highest BCUT2D eigenvalue weighted by Crippen LogP contribution is 2.44. The molecular formula is C26H30N2O5. The predicted octanol–water partition coefficient (Wildman–Crippen LogP) is 4.02. The van der Waals surface area contributed by atoms with E-state index in [9.17, 15) is 19.5 Å². The predicted molar refractivity (Wildman–Crippen MR) is 124 cm³/mol. The molecule has 174 valence electrons. The minimum Gasteiger partial charge on any atom is -0.481 e. The summed E-state index contributed by atoms with van der Waals surface area (Å²) in [6, 6.07) is 16.2. The van der Waals surface area contributed by atoms with Gasteiger partial charge in [0.1, 0.15) is 12.1 Å². The molecule has 1 fully saturated rings. The number of carboxylic acid groups (broad SMARTS) is 1. The van der Waals surface area contributed by atoms with Gasteiger partial charge in [0.15, 0.2) is 0 Å². The second-order valence-corrected chi connectivity index (χ2v) is 9.11. The molecule has 2 unspecified atom stereocenters. The van der Waals surface area contributed by atoms with Gasteiger partial charge in [0.2, 0.25) is 5.91 Å². The van der Waals surface area contributed by atoms with E-state index in [-0.39, 0.29) is 25.0 Å². The van der Waals surface area contributed by atoms with Gasteiger partial charge in [-0.05, 0) is 42.0 Å². The molecule has 7 heteroatoms. The molecule has 7 nitrogen and oxygen atoms in total. The summed E-state index contributed by atoms with van der Waals surface area (Å²) in [4.78, 5) is 38.8. The molecule has 1 saturated heterocycles. The number of aliphatic carboxylic acids is 1. The van der Waals surface area contributed by atoms with Gasteiger partial charge in [0.25, 0.3) is 0 Å². The minimum absolute atomic E-state index is 0.0637. The molecule has 33 heavy (non-hydrogen) atoms. The van der Waals surface area contributed by atoms with Crippen LogP contribution in [0.4, 0.5) is 4.79 Å². The van der Waals surface area contributed by atoms with Crippen LogP contribution in [0.2, 0.25) is 0 Å². The van der Waals surface area contributed by atoms with Gasteiger partial charge in [-0.25, -0.2) is 4.79 Å². The third-order valence-corrected chi connectivity index (χ3v) is 6.77. The molecule has 4 rings (SSSR count). The maximum atomic E-state index is 13.2. The van der Waals surface area contributed by atoms with Crippen molar-refractivity contribution in [1.82, 2.24) is 10.2 Å². The van der Waals surface area contributed by atoms with E-state index in [4.69, 9.17) is 4.74 Å². The zero-order chi connectivity index (χ0) is 23.6. The number of rotatable bonds is 7. The van der Waals surface area contributed by atoms with Crippen molar-refractivity contribution in [2.45, 2.75) is 44.6 Å². The third kappa shape index (κ3) is 4.45. The molecule has 0 spiro atoms. The molecular weight excluding hydrogens is 420 g/mol. The van der Waals surface area contributed by atoms with Crippen molar-refractivity contribution in [3.63, 3.8) is 0 Å². The van der Waals surface area contributed by atoms with E-state index in [1.54, 1.807) is 6.92 Å². The van der Waals surface area contributed by atoms with Crippen molar-refractivity contribution in [3.05, 3.63) is 59.7 Å². The second kappa shape index (κ2) is 9.25. The standard InChI is InChI=1S/C26H30N2O5/c1-3-13-26(2,24(31)28-14-12-17(15-28)23(29)30)27-25(32)33-16-22-20-10-6-4-8-18(20)19-9-5-7-11-21(19)22/h4-11,17,22H,3,12-16H2,1-2H3,(H,27,32)(H,29,30). The minimum atomic E-state index is -1.15. The second-order valence-electron chi connectivity index (χ2n) is 9.11. The number of alkyl carbamates (subject to hydrolysis) is 1. The Kier molecular flexibility index (Phi) is 6.40. The van der Waals surface area contributed by atoms with E-state index in [2.05, 4.69) is 29.6 Å². The molecule has 1 aliphatic carbocycles. The number of carbonyl (C=O) groups is 3. The number of benzene rings is 2. The summed E-state index contributed by atoms with van der Waals surface area (Å²) >= 11 is 0. The van der Waals surface area contributed by atoms with Gasteiger partial charge in [-0.2, -0.15) is 0 Å². The first-order chi connectivity index (χ1) is 15.8. The number of nitrogens with zero attached hydrogens (tertiary/aromatic N) is 1. The molecule has 0 bridgehead atoms. The highest BCUT2D eigenvalue weighted by molar-refractivity contribution is 5.90. The van der Waals surface area contributed by atoms with E-state index in [0.717, 1.165) is 22.3 Å². The fraction of sp³-hybridized carbons (Fsp3) is 0.423. The summed E-state index contributed by atoms with van der Waals surface area (Å²) in [6.45, 7) is 4.34. The van der Waals surface area contributed by atoms with Crippen molar-refractivity contribution in [3.8, 4) is 11.1 Å². The number of fused-ring (bicyclic) bond motifs is 3. The number of ether oxygens (including phenoxy) is 1. The molecule has 0 radical (unpaired) electrons. The van der Waals surface area contributed by atoms with Crippen LogP contribution in [0, 0.1) is 5.92 Å². The Morgan fingerprint density at radius 3 is 2.24 bits per heavy atom. The van der Waals surface area contributed by atoms with Gasteiger partial charge in [0.05, 0.1) is 5.92 Å². The molecule has 2 aliphatic rings. The number of hydrogen-bond donors (Lipinski definition) is 2. The van der Waals surface area contributed by atoms with Crippen molar-refractivity contribution in [2.24, 2.45) is 5.92 Å². The number of carbonyl (C=O) groups excluding carboxylic acids is 2. The molecule has 2 N–H and O–H groups in total. The number of nitrogens with one attached hydrogen (secondary N) is 1. The van der Waals surface area contributed by atoms with Crippen LogP contribution in [-0.2, 0) is 14.3 Å². The summed E-state index contributed by atoms with van der Waals surface area (Å²) in [5.74, 6) is -1.78. The average Bonchev–Trinajstić information content (AvgIpc) is 3.41. The van der Waals surface area contributed by atoms with E-state index >= 15 is 0 Å². The number of hydrogen-bond acceptors (Lipinski definition) is 4. The Morgan fingerprint density at radius 2 is 1.70 bits per heavy atom. The van der Waals surface area contributed by atoms with Gasteiger partial charge in [-0.15, -0.1) is 0 Å². The molecule has 2 atom stereocenters. The zero-order valence-electron chi connectivity index (χ0n) is 19.0. The summed E-state index contributed by atoms with van der Waals surface area (Å²) < 4.78 is 5.64. The van der Waals surface area contributed by atoms with E-state index in [1.165, 1.54) is 4.90 Å². The van der Waals surface area contributed by atoms with Crippen LogP contribution in [-0.4, -0.2) is 53.2 Å². The lowest BCUT2D eigenvalue weighted by Crippen LogP contribution is -2.57. The van der Waals surface area contributed by atoms with Crippen LogP contribution < -0.4 is 5.32 Å². The van der Waals surface area contributed by atoms with Gasteiger partial charge in [-0.1, -0.05) is 61.9 Å². The Labute approximate surface area is 193 Å². The third-order valence-electron chi connectivity index (χ3n) is 6.77. The Hall–Kier alpha value is -3.35. The lowest BCUT2D eigenvalue weighted by Gasteiger charge is -2.33. The molecule has 2 aromatic rings. The highest BCUT2D eigenvalue weighted by Gasteiger charge is 2.42. The number of likely N-dealkylation sites (tertiary alicyclic amines) is 1. The first kappa shape index (κ1) is 22.8. The lowest BCUT2D eigenvalue weighted by molar-refractivity contribution is -0.142. The summed E-state index contributed by atoms with van der Waals surface area (Å²) in [5.41, 5.74) is 3.39. The zero-order valence-corrected chi connectivity index (χ0v) is 19.0. The Morgan fingerprint density at radius 1 is 1.09 bits per heavy atom. The normalized spacial score (nSPS) is 18.8. The van der Waals surface area contributed by atoms with Crippen molar-refractivity contribution < 1.29 is 24.2 Å². The topological polar surface area (TPSA) is 95.9 Å². The van der Waals surface area contributed by atoms with E-state index in [0.29, 0.717) is 25.8 Å². The molecule has 1 aliphatic heterocycles. The first-order valence-corrected chi connectivity index (χ1v) is 11.5. The van der Waals surface area contributed by atoms with Gasteiger partial charge < -0.3 is 20.1 Å². The summed E-state index contributed by atoms with van der Waals surface area (Å²) in [6.07, 6.45) is 0.899. The van der Waals surface area contributed by atoms with Crippen molar-refractivity contribution in [2.75, 3.05) is 19.7 Å². The van der Waals surface area contributed by atoms with Crippen LogP contribution >= 0.6 is 0 Å².